The van der Waals surface area contributed by atoms with Gasteiger partial charge in [-0.3, -0.25) is 4.72 Å². The van der Waals surface area contributed by atoms with E-state index in [-0.39, 0.29) is 9.09 Å². The molecule has 0 bridgehead atoms. The highest BCUT2D eigenvalue weighted by atomic mass is 127. The summed E-state index contributed by atoms with van der Waals surface area (Å²) in [5.74, 6) is -1.14. The van der Waals surface area contributed by atoms with Gasteiger partial charge in [0.15, 0.2) is 0 Å². The van der Waals surface area contributed by atoms with E-state index in [1.165, 1.54) is 12.1 Å². The van der Waals surface area contributed by atoms with Crippen LogP contribution in [0.2, 0.25) is 0 Å². The summed E-state index contributed by atoms with van der Waals surface area (Å²) in [4.78, 5) is 10.7. The normalized spacial score (nSPS) is 11.2. The first-order chi connectivity index (χ1) is 8.90. The zero-order chi connectivity index (χ0) is 14.0. The van der Waals surface area contributed by atoms with Crippen molar-refractivity contribution in [2.45, 2.75) is 4.21 Å². The van der Waals surface area contributed by atoms with E-state index in [0.29, 0.717) is 5.69 Å². The van der Waals surface area contributed by atoms with Gasteiger partial charge in [0.25, 0.3) is 10.0 Å². The number of halogens is 1. The monoisotopic (exact) mass is 409 g/mol. The molecule has 0 aliphatic carbocycles. The predicted octanol–water partition coefficient (Wildman–Crippen LogP) is 2.85. The minimum absolute atomic E-state index is 0.0110. The molecule has 2 rings (SSSR count). The molecule has 0 unspecified atom stereocenters. The van der Waals surface area contributed by atoms with Gasteiger partial charge in [0.05, 0.1) is 5.69 Å². The fourth-order valence-electron chi connectivity index (χ4n) is 1.32. The van der Waals surface area contributed by atoms with E-state index in [1.807, 2.05) is 22.6 Å². The van der Waals surface area contributed by atoms with Gasteiger partial charge in [-0.1, -0.05) is 12.1 Å². The molecule has 8 heteroatoms. The first-order valence-corrected chi connectivity index (χ1v) is 8.38. The van der Waals surface area contributed by atoms with Crippen LogP contribution in [0.1, 0.15) is 9.67 Å². The summed E-state index contributed by atoms with van der Waals surface area (Å²) >= 11 is 2.74. The van der Waals surface area contributed by atoms with Crippen LogP contribution in [0.25, 0.3) is 0 Å². The average Bonchev–Trinajstić information content (AvgIpc) is 2.82. The SMILES string of the molecule is O=C(O)c1ccc(S(=O)(=O)Nc2ccccc2I)s1. The number of carbonyl (C=O) groups is 1. The molecule has 0 amide bonds. The highest BCUT2D eigenvalue weighted by Crippen LogP contribution is 2.26. The molecule has 2 aromatic rings. The highest BCUT2D eigenvalue weighted by molar-refractivity contribution is 14.1. The summed E-state index contributed by atoms with van der Waals surface area (Å²) in [6, 6.07) is 9.49. The van der Waals surface area contributed by atoms with Crippen LogP contribution >= 0.6 is 33.9 Å². The van der Waals surface area contributed by atoms with Crippen LogP contribution in [-0.4, -0.2) is 19.5 Å². The Labute approximate surface area is 127 Å². The molecule has 0 saturated heterocycles. The quantitative estimate of drug-likeness (QED) is 0.761. The minimum Gasteiger partial charge on any atom is -0.477 e. The van der Waals surface area contributed by atoms with Gasteiger partial charge >= 0.3 is 5.97 Å². The number of nitrogens with one attached hydrogen (secondary N) is 1. The van der Waals surface area contributed by atoms with Crippen LogP contribution in [0.5, 0.6) is 0 Å². The van der Waals surface area contributed by atoms with E-state index in [2.05, 4.69) is 4.72 Å². The lowest BCUT2D eigenvalue weighted by Crippen LogP contribution is -2.12. The second-order valence-corrected chi connectivity index (χ2v) is 7.66. The fourth-order valence-corrected chi connectivity index (χ4v) is 4.25. The smallest absolute Gasteiger partial charge is 0.345 e. The summed E-state index contributed by atoms with van der Waals surface area (Å²) in [5, 5.41) is 8.79. The van der Waals surface area contributed by atoms with Gasteiger partial charge in [-0.2, -0.15) is 0 Å². The third kappa shape index (κ3) is 3.25. The van der Waals surface area contributed by atoms with Gasteiger partial charge in [0.1, 0.15) is 9.09 Å². The van der Waals surface area contributed by atoms with Gasteiger partial charge in [-0.05, 0) is 46.9 Å². The maximum atomic E-state index is 12.1. The van der Waals surface area contributed by atoms with Crippen molar-refractivity contribution >= 4 is 55.6 Å². The van der Waals surface area contributed by atoms with E-state index >= 15 is 0 Å². The molecule has 1 aromatic heterocycles. The van der Waals surface area contributed by atoms with Gasteiger partial charge in [0.2, 0.25) is 0 Å². The summed E-state index contributed by atoms with van der Waals surface area (Å²) in [6.45, 7) is 0. The van der Waals surface area contributed by atoms with Crippen molar-refractivity contribution in [3.05, 3.63) is 44.8 Å². The van der Waals surface area contributed by atoms with Crippen LogP contribution < -0.4 is 4.72 Å². The Bertz CT molecular complexity index is 724. The van der Waals surface area contributed by atoms with E-state index in [0.717, 1.165) is 14.9 Å². The van der Waals surface area contributed by atoms with E-state index < -0.39 is 16.0 Å². The Hall–Kier alpha value is -1.13. The lowest BCUT2D eigenvalue weighted by Gasteiger charge is -2.07. The molecular weight excluding hydrogens is 401 g/mol. The number of aromatic carboxylic acids is 1. The Morgan fingerprint density at radius 3 is 2.47 bits per heavy atom. The number of para-hydroxylation sites is 1. The Kier molecular flexibility index (Phi) is 4.11. The molecule has 0 radical (unpaired) electrons. The van der Waals surface area contributed by atoms with Gasteiger partial charge in [-0.25, -0.2) is 13.2 Å². The number of benzene rings is 1. The lowest BCUT2D eigenvalue weighted by atomic mass is 10.3. The maximum absolute atomic E-state index is 12.1. The van der Waals surface area contributed by atoms with Crippen LogP contribution in [-0.2, 0) is 10.0 Å². The molecule has 2 N–H and O–H groups in total. The van der Waals surface area contributed by atoms with Crippen LogP contribution in [0, 0.1) is 3.57 Å². The number of thiophene rings is 1. The number of carboxylic acids is 1. The minimum atomic E-state index is -3.75. The Balaban J connectivity index is 2.32. The van der Waals surface area contributed by atoms with Crippen molar-refractivity contribution in [1.82, 2.24) is 0 Å². The van der Waals surface area contributed by atoms with E-state index in [1.54, 1.807) is 24.3 Å². The average molecular weight is 409 g/mol. The number of carboxylic acid groups (broad SMARTS) is 1. The van der Waals surface area contributed by atoms with Crippen molar-refractivity contribution in [3.63, 3.8) is 0 Å². The van der Waals surface area contributed by atoms with Crippen molar-refractivity contribution in [2.75, 3.05) is 4.72 Å². The van der Waals surface area contributed by atoms with Crippen LogP contribution in [0.3, 0.4) is 0 Å². The number of sulfonamides is 1. The van der Waals surface area contributed by atoms with Crippen molar-refractivity contribution in [2.24, 2.45) is 0 Å². The van der Waals surface area contributed by atoms with Crippen molar-refractivity contribution in [1.29, 1.82) is 0 Å². The molecule has 0 saturated carbocycles. The standard InChI is InChI=1S/C11H8INO4S2/c12-7-3-1-2-4-8(7)13-19(16,17)10-6-5-9(18-10)11(14)15/h1-6,13H,(H,14,15). The van der Waals surface area contributed by atoms with Crippen LogP contribution in [0.15, 0.2) is 40.6 Å². The van der Waals surface area contributed by atoms with Crippen molar-refractivity contribution < 1.29 is 18.3 Å². The molecule has 1 heterocycles. The topological polar surface area (TPSA) is 83.5 Å². The van der Waals surface area contributed by atoms with Crippen LogP contribution in [0.4, 0.5) is 5.69 Å². The van der Waals surface area contributed by atoms with Gasteiger partial charge in [0, 0.05) is 3.57 Å². The first kappa shape index (κ1) is 14.3. The molecule has 0 aliphatic heterocycles. The molecular formula is C11H8INO4S2. The lowest BCUT2D eigenvalue weighted by molar-refractivity contribution is 0.0702. The molecule has 0 fully saturated rings. The first-order valence-electron chi connectivity index (χ1n) is 5.00. The summed E-state index contributed by atoms with van der Waals surface area (Å²) < 4.78 is 27.4. The molecule has 100 valence electrons. The summed E-state index contributed by atoms with van der Waals surface area (Å²) in [6.07, 6.45) is 0. The zero-order valence-electron chi connectivity index (χ0n) is 9.33. The van der Waals surface area contributed by atoms with Gasteiger partial charge < -0.3 is 5.11 Å². The second-order valence-electron chi connectivity index (χ2n) is 3.51. The number of hydrogen-bond donors (Lipinski definition) is 2. The molecule has 5 nitrogen and oxygen atoms in total. The Morgan fingerprint density at radius 1 is 1.21 bits per heavy atom. The maximum Gasteiger partial charge on any atom is 0.345 e. The predicted molar refractivity (Wildman–Crippen MR) is 81.2 cm³/mol. The van der Waals surface area contributed by atoms with Gasteiger partial charge in [-0.15, -0.1) is 11.3 Å². The Morgan fingerprint density at radius 2 is 1.89 bits per heavy atom. The zero-order valence-corrected chi connectivity index (χ0v) is 13.1. The molecule has 0 atom stereocenters. The molecule has 0 spiro atoms. The number of hydrogen-bond acceptors (Lipinski definition) is 4. The summed E-state index contributed by atoms with van der Waals surface area (Å²) in [5.41, 5.74) is 0.466. The summed E-state index contributed by atoms with van der Waals surface area (Å²) in [7, 11) is -3.75. The highest BCUT2D eigenvalue weighted by Gasteiger charge is 2.19. The van der Waals surface area contributed by atoms with Crippen molar-refractivity contribution in [3.8, 4) is 0 Å². The third-order valence-corrected chi connectivity index (χ3v) is 6.05. The molecule has 1 aromatic carbocycles. The largest absolute Gasteiger partial charge is 0.477 e. The van der Waals surface area contributed by atoms with E-state index in [4.69, 9.17) is 5.11 Å². The number of anilines is 1. The molecule has 19 heavy (non-hydrogen) atoms. The third-order valence-electron chi connectivity index (χ3n) is 2.18. The number of rotatable bonds is 4. The molecule has 0 aliphatic rings. The van der Waals surface area contributed by atoms with E-state index in [9.17, 15) is 13.2 Å². The second kappa shape index (κ2) is 5.47. The fraction of sp³-hybridized carbons (Fsp3) is 0.